The van der Waals surface area contributed by atoms with Gasteiger partial charge in [0.05, 0.1) is 11.4 Å². The Balaban J connectivity index is 0.000000181. The van der Waals surface area contributed by atoms with Gasteiger partial charge in [-0.2, -0.15) is 0 Å². The molecule has 0 aliphatic carbocycles. The zero-order valence-corrected chi connectivity index (χ0v) is 42.2. The van der Waals surface area contributed by atoms with Crippen molar-refractivity contribution < 1.29 is 0 Å². The molecule has 0 amide bonds. The van der Waals surface area contributed by atoms with Crippen LogP contribution in [0.5, 0.6) is 0 Å². The van der Waals surface area contributed by atoms with Crippen molar-refractivity contribution in [3.8, 4) is 22.5 Å². The molecule has 2 aromatic heterocycles. The van der Waals surface area contributed by atoms with Gasteiger partial charge in [-0.1, -0.05) is 186 Å². The highest BCUT2D eigenvalue weighted by Crippen LogP contribution is 2.41. The minimum Gasteiger partial charge on any atom is -0.253 e. The molecule has 330 valence electrons. The zero-order valence-electron chi connectivity index (χ0n) is 40.6. The van der Waals surface area contributed by atoms with E-state index in [1.807, 2.05) is 6.07 Å². The Hall–Kier alpha value is -5.64. The highest BCUT2D eigenvalue weighted by atomic mass is 79.9. The van der Waals surface area contributed by atoms with Crippen molar-refractivity contribution in [1.29, 1.82) is 0 Å². The fourth-order valence-corrected chi connectivity index (χ4v) is 9.23. The molecule has 9 aromatic rings. The minimum atomic E-state index is 0.0848. The van der Waals surface area contributed by atoms with Gasteiger partial charge in [-0.3, -0.25) is 4.98 Å². The smallest absolute Gasteiger partial charge is 0.106 e. The van der Waals surface area contributed by atoms with Crippen LogP contribution in [0.4, 0.5) is 0 Å². The van der Waals surface area contributed by atoms with Crippen LogP contribution in [0.1, 0.15) is 117 Å². The quantitative estimate of drug-likeness (QED) is 0.127. The SMILES string of the molecule is CC(C)(C)c1ccc2c(-c3cccc(Br)n3)c3cc(C(C)(C)C)ccc3cc2c1.CC(C)(C)c1ccc2c(-c3cccc(CCc4ccccc4)n3)c3cc(C(C)(C)C)ccc3cc2c1. The maximum absolute atomic E-state index is 5.22. The van der Waals surface area contributed by atoms with Crippen molar-refractivity contribution in [3.63, 3.8) is 0 Å². The van der Waals surface area contributed by atoms with Crippen molar-refractivity contribution >= 4 is 59.0 Å². The molecule has 0 spiro atoms. The molecule has 3 heteroatoms. The summed E-state index contributed by atoms with van der Waals surface area (Å²) in [5.74, 6) is 0. The third-order valence-corrected chi connectivity index (χ3v) is 13.4. The standard InChI is InChI=1S/C35H37N.C27H28BrN/c1-34(2,3)27-18-20-30-26(22-27)21-25-16-17-28(35(4,5)6)23-31(25)33(30)32-14-10-13-29(36-32)19-15-24-11-8-7-9-12-24;1-26(2,3)19-12-13-21-18(15-19)14-17-10-11-20(27(4,5)6)16-22(17)25(21)23-8-7-9-24(28)29-23/h7-14,16-18,20-23H,15,19H2,1-6H3;7-16H,1-6H3. The van der Waals surface area contributed by atoms with Gasteiger partial charge in [0.25, 0.3) is 0 Å². The second kappa shape index (κ2) is 17.6. The molecule has 65 heavy (non-hydrogen) atoms. The number of benzene rings is 7. The molecule has 0 bridgehead atoms. The van der Waals surface area contributed by atoms with Crippen LogP contribution in [0.15, 0.2) is 156 Å². The van der Waals surface area contributed by atoms with Gasteiger partial charge >= 0.3 is 0 Å². The predicted molar refractivity (Wildman–Crippen MR) is 286 cm³/mol. The van der Waals surface area contributed by atoms with Crippen molar-refractivity contribution in [1.82, 2.24) is 9.97 Å². The summed E-state index contributed by atoms with van der Waals surface area (Å²) in [6.07, 6.45) is 1.93. The first-order valence-electron chi connectivity index (χ1n) is 23.3. The first-order valence-corrected chi connectivity index (χ1v) is 24.1. The number of pyridine rings is 2. The molecule has 0 radical (unpaired) electrons. The molecule has 2 heterocycles. The molecule has 0 saturated heterocycles. The summed E-state index contributed by atoms with van der Waals surface area (Å²) in [6, 6.07) is 55.8. The molecule has 0 saturated carbocycles. The van der Waals surface area contributed by atoms with E-state index in [1.54, 1.807) is 0 Å². The van der Waals surface area contributed by atoms with Crippen molar-refractivity contribution in [2.24, 2.45) is 0 Å². The lowest BCUT2D eigenvalue weighted by atomic mass is 9.82. The van der Waals surface area contributed by atoms with E-state index in [2.05, 4.69) is 245 Å². The van der Waals surface area contributed by atoms with Gasteiger partial charge in [0.15, 0.2) is 0 Å². The van der Waals surface area contributed by atoms with E-state index in [0.29, 0.717) is 0 Å². The Bertz CT molecular complexity index is 3190. The topological polar surface area (TPSA) is 25.8 Å². The highest BCUT2D eigenvalue weighted by molar-refractivity contribution is 9.10. The number of hydrogen-bond donors (Lipinski definition) is 0. The molecule has 9 rings (SSSR count). The van der Waals surface area contributed by atoms with Gasteiger partial charge in [0.1, 0.15) is 4.60 Å². The summed E-state index contributed by atoms with van der Waals surface area (Å²) in [5.41, 5.74) is 12.8. The fourth-order valence-electron chi connectivity index (χ4n) is 8.88. The lowest BCUT2D eigenvalue weighted by Crippen LogP contribution is -2.11. The Kier molecular flexibility index (Phi) is 12.5. The van der Waals surface area contributed by atoms with E-state index in [-0.39, 0.29) is 21.7 Å². The Labute approximate surface area is 396 Å². The molecule has 0 unspecified atom stereocenters. The molecule has 7 aromatic carbocycles. The van der Waals surface area contributed by atoms with Crippen LogP contribution < -0.4 is 0 Å². The Morgan fingerprint density at radius 1 is 0.354 bits per heavy atom. The van der Waals surface area contributed by atoms with E-state index in [0.717, 1.165) is 34.5 Å². The summed E-state index contributed by atoms with van der Waals surface area (Å²) in [7, 11) is 0. The van der Waals surface area contributed by atoms with Crippen molar-refractivity contribution in [2.45, 2.75) is 118 Å². The van der Waals surface area contributed by atoms with E-state index < -0.39 is 0 Å². The van der Waals surface area contributed by atoms with Gasteiger partial charge in [-0.25, -0.2) is 4.98 Å². The minimum absolute atomic E-state index is 0.0848. The number of fused-ring (bicyclic) bond motifs is 4. The summed E-state index contributed by atoms with van der Waals surface area (Å²) >= 11 is 3.56. The van der Waals surface area contributed by atoms with Gasteiger partial charge < -0.3 is 0 Å². The summed E-state index contributed by atoms with van der Waals surface area (Å²) < 4.78 is 0.860. The maximum Gasteiger partial charge on any atom is 0.106 e. The van der Waals surface area contributed by atoms with E-state index >= 15 is 0 Å². The first kappa shape index (κ1) is 45.9. The zero-order chi connectivity index (χ0) is 46.5. The normalized spacial score (nSPS) is 12.5. The molecule has 0 aliphatic rings. The van der Waals surface area contributed by atoms with Crippen molar-refractivity contribution in [3.05, 3.63) is 190 Å². The number of nitrogens with zero attached hydrogens (tertiary/aromatic N) is 2. The third kappa shape index (κ3) is 10.1. The number of aryl methyl sites for hydroxylation is 2. The summed E-state index contributed by atoms with van der Waals surface area (Å²) in [5, 5.41) is 10.2. The highest BCUT2D eigenvalue weighted by Gasteiger charge is 2.22. The summed E-state index contributed by atoms with van der Waals surface area (Å²) in [6.45, 7) is 27.3. The second-order valence-electron chi connectivity index (χ2n) is 22.1. The monoisotopic (exact) mass is 916 g/mol. The lowest BCUT2D eigenvalue weighted by Gasteiger charge is -2.22. The molecule has 2 nitrogen and oxygen atoms in total. The molecule has 0 N–H and O–H groups in total. The number of rotatable bonds is 5. The molecule has 0 atom stereocenters. The van der Waals surface area contributed by atoms with Crippen LogP contribution in [0, 0.1) is 0 Å². The Morgan fingerprint density at radius 3 is 1.25 bits per heavy atom. The largest absolute Gasteiger partial charge is 0.253 e. The van der Waals surface area contributed by atoms with Gasteiger partial charge in [-0.05, 0) is 170 Å². The van der Waals surface area contributed by atoms with Crippen LogP contribution in [0.3, 0.4) is 0 Å². The van der Waals surface area contributed by atoms with Gasteiger partial charge in [0.2, 0.25) is 0 Å². The molecule has 0 aliphatic heterocycles. The third-order valence-electron chi connectivity index (χ3n) is 12.9. The van der Waals surface area contributed by atoms with Crippen LogP contribution >= 0.6 is 15.9 Å². The van der Waals surface area contributed by atoms with Crippen LogP contribution in [-0.4, -0.2) is 9.97 Å². The fraction of sp³-hybridized carbons (Fsp3) is 0.290. The molecular weight excluding hydrogens is 853 g/mol. The first-order chi connectivity index (χ1) is 30.6. The van der Waals surface area contributed by atoms with E-state index in [9.17, 15) is 0 Å². The lowest BCUT2D eigenvalue weighted by molar-refractivity contribution is 0.590. The molecular formula is C62H65BrN2. The van der Waals surface area contributed by atoms with Gasteiger partial charge in [0, 0.05) is 16.8 Å². The maximum atomic E-state index is 5.22. The number of halogens is 1. The average Bonchev–Trinajstić information content (AvgIpc) is 3.25. The van der Waals surface area contributed by atoms with Crippen LogP contribution in [0.2, 0.25) is 0 Å². The summed E-state index contributed by atoms with van der Waals surface area (Å²) in [4.78, 5) is 10.0. The van der Waals surface area contributed by atoms with E-state index in [4.69, 9.17) is 9.97 Å². The average molecular weight is 918 g/mol. The van der Waals surface area contributed by atoms with Crippen molar-refractivity contribution in [2.75, 3.05) is 0 Å². The van der Waals surface area contributed by atoms with Crippen LogP contribution in [-0.2, 0) is 34.5 Å². The second-order valence-corrected chi connectivity index (χ2v) is 22.9. The molecule has 0 fully saturated rings. The number of hydrogen-bond acceptors (Lipinski definition) is 2. The van der Waals surface area contributed by atoms with Crippen LogP contribution in [0.25, 0.3) is 65.6 Å². The Morgan fingerprint density at radius 2 is 0.785 bits per heavy atom. The van der Waals surface area contributed by atoms with E-state index in [1.165, 1.54) is 82.0 Å². The number of aromatic nitrogens is 2. The van der Waals surface area contributed by atoms with Gasteiger partial charge in [-0.15, -0.1) is 0 Å². The predicted octanol–water partition coefficient (Wildman–Crippen LogP) is 17.8.